The standard InChI is InChI=1S/C24H34N4O3/c1-18-6-2-3-7-20(18)17-28-15-10-25-23(30)21(28)16-22(29)26-13-8-19(9-14-26)24(31)27-11-4-5-12-27/h2-3,6-7,19,21H,4-5,8-17H2,1H3,(H,25,30)/t21-/m1/s1. The zero-order chi connectivity index (χ0) is 21.8. The molecule has 3 saturated heterocycles. The van der Waals surface area contributed by atoms with E-state index in [9.17, 15) is 14.4 Å². The summed E-state index contributed by atoms with van der Waals surface area (Å²) in [6, 6.07) is 7.75. The van der Waals surface area contributed by atoms with Crippen LogP contribution in [0.1, 0.15) is 43.2 Å². The van der Waals surface area contributed by atoms with E-state index in [0.717, 1.165) is 45.3 Å². The molecule has 0 bridgehead atoms. The van der Waals surface area contributed by atoms with Gasteiger partial charge in [0.15, 0.2) is 0 Å². The van der Waals surface area contributed by atoms with Crippen molar-refractivity contribution in [1.82, 2.24) is 20.0 Å². The Hall–Kier alpha value is -2.41. The Labute approximate surface area is 184 Å². The van der Waals surface area contributed by atoms with Crippen molar-refractivity contribution in [3.8, 4) is 0 Å². The van der Waals surface area contributed by atoms with Gasteiger partial charge in [-0.15, -0.1) is 0 Å². The Morgan fingerprint density at radius 3 is 2.42 bits per heavy atom. The van der Waals surface area contributed by atoms with E-state index in [2.05, 4.69) is 29.3 Å². The average Bonchev–Trinajstić information content (AvgIpc) is 3.32. The van der Waals surface area contributed by atoms with Crippen LogP contribution in [0.25, 0.3) is 0 Å². The van der Waals surface area contributed by atoms with Gasteiger partial charge in [-0.1, -0.05) is 24.3 Å². The van der Waals surface area contributed by atoms with Crippen molar-refractivity contribution in [1.29, 1.82) is 0 Å². The van der Waals surface area contributed by atoms with E-state index in [1.54, 1.807) is 0 Å². The molecule has 0 unspecified atom stereocenters. The molecule has 3 aliphatic rings. The second-order valence-corrected chi connectivity index (χ2v) is 9.10. The number of piperazine rings is 1. The summed E-state index contributed by atoms with van der Waals surface area (Å²) < 4.78 is 0. The predicted octanol–water partition coefficient (Wildman–Crippen LogP) is 1.55. The minimum absolute atomic E-state index is 0.0175. The molecule has 168 valence electrons. The topological polar surface area (TPSA) is 73.0 Å². The van der Waals surface area contributed by atoms with Crippen LogP contribution < -0.4 is 5.32 Å². The molecule has 4 rings (SSSR count). The highest BCUT2D eigenvalue weighted by molar-refractivity contribution is 5.89. The van der Waals surface area contributed by atoms with Crippen molar-refractivity contribution < 1.29 is 14.4 Å². The van der Waals surface area contributed by atoms with Crippen LogP contribution in [0.4, 0.5) is 0 Å². The first-order valence-electron chi connectivity index (χ1n) is 11.7. The van der Waals surface area contributed by atoms with Gasteiger partial charge in [-0.25, -0.2) is 0 Å². The highest BCUT2D eigenvalue weighted by Crippen LogP contribution is 2.24. The van der Waals surface area contributed by atoms with Gasteiger partial charge in [0.1, 0.15) is 0 Å². The Bertz CT molecular complexity index is 813. The number of benzene rings is 1. The summed E-state index contributed by atoms with van der Waals surface area (Å²) in [5.41, 5.74) is 2.39. The summed E-state index contributed by atoms with van der Waals surface area (Å²) >= 11 is 0. The third-order valence-electron chi connectivity index (χ3n) is 7.06. The van der Waals surface area contributed by atoms with Gasteiger partial charge in [0.05, 0.1) is 12.5 Å². The second-order valence-electron chi connectivity index (χ2n) is 9.10. The lowest BCUT2D eigenvalue weighted by atomic mass is 9.94. The number of carbonyl (C=O) groups is 3. The fraction of sp³-hybridized carbons (Fsp3) is 0.625. The van der Waals surface area contributed by atoms with Crippen LogP contribution in [0.5, 0.6) is 0 Å². The van der Waals surface area contributed by atoms with E-state index < -0.39 is 6.04 Å². The van der Waals surface area contributed by atoms with Crippen molar-refractivity contribution >= 4 is 17.7 Å². The van der Waals surface area contributed by atoms with E-state index in [-0.39, 0.29) is 30.1 Å². The molecule has 1 N–H and O–H groups in total. The average molecular weight is 427 g/mol. The first-order valence-corrected chi connectivity index (χ1v) is 11.7. The van der Waals surface area contributed by atoms with Gasteiger partial charge in [0.25, 0.3) is 0 Å². The molecule has 7 nitrogen and oxygen atoms in total. The Balaban J connectivity index is 1.33. The highest BCUT2D eigenvalue weighted by atomic mass is 16.2. The maximum atomic E-state index is 13.0. The zero-order valence-electron chi connectivity index (χ0n) is 18.5. The van der Waals surface area contributed by atoms with Gasteiger partial charge >= 0.3 is 0 Å². The summed E-state index contributed by atoms with van der Waals surface area (Å²) in [5, 5.41) is 2.92. The van der Waals surface area contributed by atoms with Gasteiger partial charge < -0.3 is 15.1 Å². The van der Waals surface area contributed by atoms with E-state index in [4.69, 9.17) is 0 Å². The summed E-state index contributed by atoms with van der Waals surface area (Å²) in [7, 11) is 0. The van der Waals surface area contributed by atoms with Gasteiger partial charge in [-0.05, 0) is 43.7 Å². The van der Waals surface area contributed by atoms with E-state index in [1.165, 1.54) is 11.1 Å². The molecule has 3 heterocycles. The van der Waals surface area contributed by atoms with Crippen LogP contribution in [0.15, 0.2) is 24.3 Å². The first kappa shape index (κ1) is 21.8. The molecule has 0 aromatic heterocycles. The number of rotatable bonds is 5. The molecule has 1 aromatic rings. The number of aryl methyl sites for hydroxylation is 1. The molecule has 7 heteroatoms. The van der Waals surface area contributed by atoms with E-state index >= 15 is 0 Å². The summed E-state index contributed by atoms with van der Waals surface area (Å²) in [6.45, 7) is 7.07. The van der Waals surface area contributed by atoms with Crippen LogP contribution >= 0.6 is 0 Å². The van der Waals surface area contributed by atoms with Gasteiger partial charge in [-0.2, -0.15) is 0 Å². The maximum absolute atomic E-state index is 13.0. The van der Waals surface area contributed by atoms with Crippen molar-refractivity contribution in [2.24, 2.45) is 5.92 Å². The molecule has 3 aliphatic heterocycles. The fourth-order valence-corrected chi connectivity index (χ4v) is 5.05. The van der Waals surface area contributed by atoms with E-state index in [0.29, 0.717) is 26.2 Å². The van der Waals surface area contributed by atoms with Crippen LogP contribution in [-0.4, -0.2) is 77.7 Å². The number of piperidine rings is 1. The minimum atomic E-state index is -0.440. The molecule has 0 aliphatic carbocycles. The minimum Gasteiger partial charge on any atom is -0.353 e. The Morgan fingerprint density at radius 2 is 1.71 bits per heavy atom. The number of amides is 3. The molecule has 3 fully saturated rings. The Morgan fingerprint density at radius 1 is 1.00 bits per heavy atom. The van der Waals surface area contributed by atoms with Gasteiger partial charge in [0, 0.05) is 51.7 Å². The lowest BCUT2D eigenvalue weighted by Crippen LogP contribution is -2.56. The summed E-state index contributed by atoms with van der Waals surface area (Å²) in [5.74, 6) is 0.259. The zero-order valence-corrected chi connectivity index (χ0v) is 18.5. The first-order chi connectivity index (χ1) is 15.0. The van der Waals surface area contributed by atoms with Gasteiger partial charge in [-0.3, -0.25) is 19.3 Å². The molecule has 31 heavy (non-hydrogen) atoms. The quantitative estimate of drug-likeness (QED) is 0.775. The summed E-state index contributed by atoms with van der Waals surface area (Å²) in [6.07, 6.45) is 3.86. The largest absolute Gasteiger partial charge is 0.353 e. The smallest absolute Gasteiger partial charge is 0.237 e. The Kier molecular flexibility index (Phi) is 6.90. The fourth-order valence-electron chi connectivity index (χ4n) is 5.05. The molecule has 3 amide bonds. The van der Waals surface area contributed by atoms with Crippen molar-refractivity contribution in [3.63, 3.8) is 0 Å². The normalized spacial score (nSPS) is 23.1. The van der Waals surface area contributed by atoms with Crippen molar-refractivity contribution in [2.75, 3.05) is 39.3 Å². The number of carbonyl (C=O) groups excluding carboxylic acids is 3. The maximum Gasteiger partial charge on any atom is 0.237 e. The van der Waals surface area contributed by atoms with Crippen LogP contribution in [0, 0.1) is 12.8 Å². The summed E-state index contributed by atoms with van der Waals surface area (Å²) in [4.78, 5) is 44.3. The van der Waals surface area contributed by atoms with Crippen LogP contribution in [0.2, 0.25) is 0 Å². The SMILES string of the molecule is Cc1ccccc1CN1CCNC(=O)[C@H]1CC(=O)N1CCC(C(=O)N2CCCC2)CC1. The number of hydrogen-bond donors (Lipinski definition) is 1. The lowest BCUT2D eigenvalue weighted by molar-refractivity contribution is -0.142. The molecule has 0 radical (unpaired) electrons. The number of hydrogen-bond acceptors (Lipinski definition) is 4. The number of likely N-dealkylation sites (tertiary alicyclic amines) is 2. The second kappa shape index (κ2) is 9.81. The van der Waals surface area contributed by atoms with Crippen LogP contribution in [-0.2, 0) is 20.9 Å². The molecular weight excluding hydrogens is 392 g/mol. The third kappa shape index (κ3) is 5.09. The third-order valence-corrected chi connectivity index (χ3v) is 7.06. The molecule has 1 aromatic carbocycles. The molecule has 1 atom stereocenters. The predicted molar refractivity (Wildman–Crippen MR) is 118 cm³/mol. The molecule has 0 spiro atoms. The lowest BCUT2D eigenvalue weighted by Gasteiger charge is -2.37. The highest BCUT2D eigenvalue weighted by Gasteiger charge is 2.35. The van der Waals surface area contributed by atoms with Crippen molar-refractivity contribution in [3.05, 3.63) is 35.4 Å². The number of nitrogens with zero attached hydrogens (tertiary/aromatic N) is 3. The monoisotopic (exact) mass is 426 g/mol. The van der Waals surface area contributed by atoms with Crippen molar-refractivity contribution in [2.45, 2.75) is 51.6 Å². The molecule has 0 saturated carbocycles. The molecular formula is C24H34N4O3. The van der Waals surface area contributed by atoms with E-state index in [1.807, 2.05) is 21.9 Å². The number of nitrogens with one attached hydrogen (secondary N) is 1. The van der Waals surface area contributed by atoms with Crippen LogP contribution in [0.3, 0.4) is 0 Å². The van der Waals surface area contributed by atoms with Gasteiger partial charge in [0.2, 0.25) is 17.7 Å².